The van der Waals surface area contributed by atoms with Crippen molar-refractivity contribution in [3.8, 4) is 0 Å². The average molecular weight is 340 g/mol. The molecule has 0 spiro atoms. The van der Waals surface area contributed by atoms with Gasteiger partial charge >= 0.3 is 0 Å². The lowest BCUT2D eigenvalue weighted by Crippen LogP contribution is -2.62. The molecule has 0 aromatic heterocycles. The molecule has 4 heteroatoms. The van der Waals surface area contributed by atoms with E-state index in [2.05, 4.69) is 50.2 Å². The van der Waals surface area contributed by atoms with E-state index < -0.39 is 0 Å². The van der Waals surface area contributed by atoms with Gasteiger partial charge in [0.05, 0.1) is 5.41 Å². The van der Waals surface area contributed by atoms with E-state index in [1.54, 1.807) is 0 Å². The third kappa shape index (κ3) is 8.48. The second-order valence-electron chi connectivity index (χ2n) is 8.61. The normalized spacial score (nSPS) is 17.3. The van der Waals surface area contributed by atoms with Gasteiger partial charge < -0.3 is 15.5 Å². The van der Waals surface area contributed by atoms with Crippen LogP contribution in [0.1, 0.15) is 73.1 Å². The van der Waals surface area contributed by atoms with Gasteiger partial charge in [0.2, 0.25) is 5.91 Å². The van der Waals surface area contributed by atoms with Crippen LogP contribution in [0.5, 0.6) is 0 Å². The first-order valence-electron chi connectivity index (χ1n) is 10.1. The number of carbonyl (C=O) groups is 1. The Morgan fingerprint density at radius 3 is 2.04 bits per heavy atom. The summed E-state index contributed by atoms with van der Waals surface area (Å²) >= 11 is 0. The van der Waals surface area contributed by atoms with Gasteiger partial charge in [0.25, 0.3) is 0 Å². The van der Waals surface area contributed by atoms with Gasteiger partial charge in [-0.1, -0.05) is 53.4 Å². The van der Waals surface area contributed by atoms with Gasteiger partial charge in [-0.25, -0.2) is 0 Å². The van der Waals surface area contributed by atoms with E-state index in [0.29, 0.717) is 12.0 Å². The molecule has 1 heterocycles. The van der Waals surface area contributed by atoms with Crippen LogP contribution in [0.4, 0.5) is 0 Å². The highest BCUT2D eigenvalue weighted by molar-refractivity contribution is 5.83. The SMILES string of the molecule is CC(C)CN1CC(C)(C(=O)NCCCCCCCCNC(C)C)C1. The van der Waals surface area contributed by atoms with Gasteiger partial charge in [0.15, 0.2) is 0 Å². The summed E-state index contributed by atoms with van der Waals surface area (Å²) in [5, 5.41) is 6.60. The lowest BCUT2D eigenvalue weighted by atomic mass is 9.80. The van der Waals surface area contributed by atoms with Crippen molar-refractivity contribution in [2.45, 2.75) is 79.2 Å². The Hall–Kier alpha value is -0.610. The van der Waals surface area contributed by atoms with Crippen LogP contribution in [0, 0.1) is 11.3 Å². The summed E-state index contributed by atoms with van der Waals surface area (Å²) in [4.78, 5) is 14.7. The third-order valence-electron chi connectivity index (χ3n) is 4.76. The van der Waals surface area contributed by atoms with Gasteiger partial charge in [-0.3, -0.25) is 4.79 Å². The van der Waals surface area contributed by atoms with Crippen LogP contribution in [0.2, 0.25) is 0 Å². The third-order valence-corrected chi connectivity index (χ3v) is 4.76. The van der Waals surface area contributed by atoms with Gasteiger partial charge in [-0.05, 0) is 32.2 Å². The predicted octanol–water partition coefficient (Wildman–Crippen LogP) is 3.42. The monoisotopic (exact) mass is 339 g/mol. The predicted molar refractivity (Wildman–Crippen MR) is 103 cm³/mol. The van der Waals surface area contributed by atoms with Crippen LogP contribution in [-0.2, 0) is 4.79 Å². The number of carbonyl (C=O) groups excluding carboxylic acids is 1. The fraction of sp³-hybridized carbons (Fsp3) is 0.950. The molecule has 0 aromatic rings. The van der Waals surface area contributed by atoms with E-state index >= 15 is 0 Å². The fourth-order valence-corrected chi connectivity index (χ4v) is 3.49. The number of amides is 1. The van der Waals surface area contributed by atoms with E-state index in [1.807, 2.05) is 0 Å². The molecule has 0 atom stereocenters. The second-order valence-corrected chi connectivity index (χ2v) is 8.61. The highest BCUT2D eigenvalue weighted by atomic mass is 16.2. The van der Waals surface area contributed by atoms with E-state index in [0.717, 1.165) is 39.1 Å². The van der Waals surface area contributed by atoms with Crippen LogP contribution in [0.15, 0.2) is 0 Å². The van der Waals surface area contributed by atoms with E-state index in [9.17, 15) is 4.79 Å². The van der Waals surface area contributed by atoms with Crippen molar-refractivity contribution < 1.29 is 4.79 Å². The standard InChI is InChI=1S/C20H41N3O/c1-17(2)14-23-15-20(5,16-23)19(24)22-13-11-9-7-6-8-10-12-21-18(3)4/h17-18,21H,6-16H2,1-5H3,(H,22,24). The quantitative estimate of drug-likeness (QED) is 0.505. The van der Waals surface area contributed by atoms with E-state index in [1.165, 1.54) is 32.1 Å². The van der Waals surface area contributed by atoms with Gasteiger partial charge in [0.1, 0.15) is 0 Å². The van der Waals surface area contributed by atoms with Crippen molar-refractivity contribution in [1.82, 2.24) is 15.5 Å². The molecule has 1 fully saturated rings. The summed E-state index contributed by atoms with van der Waals surface area (Å²) in [6, 6.07) is 0.601. The highest BCUT2D eigenvalue weighted by Gasteiger charge is 2.44. The Morgan fingerprint density at radius 2 is 1.50 bits per heavy atom. The fourth-order valence-electron chi connectivity index (χ4n) is 3.49. The molecule has 0 saturated carbocycles. The lowest BCUT2D eigenvalue weighted by Gasteiger charge is -2.47. The first-order chi connectivity index (χ1) is 11.3. The first kappa shape index (κ1) is 21.4. The molecule has 0 aliphatic carbocycles. The summed E-state index contributed by atoms with van der Waals surface area (Å²) in [5.74, 6) is 0.932. The zero-order valence-electron chi connectivity index (χ0n) is 16.8. The Labute approximate surface area is 150 Å². The summed E-state index contributed by atoms with van der Waals surface area (Å²) < 4.78 is 0. The zero-order valence-corrected chi connectivity index (χ0v) is 16.8. The second kappa shape index (κ2) is 11.1. The first-order valence-corrected chi connectivity index (χ1v) is 10.1. The molecule has 1 aliphatic rings. The molecule has 142 valence electrons. The zero-order chi connectivity index (χ0) is 18.0. The highest BCUT2D eigenvalue weighted by Crippen LogP contribution is 2.30. The Bertz CT molecular complexity index is 349. The molecule has 1 saturated heterocycles. The lowest BCUT2D eigenvalue weighted by molar-refractivity contribution is -0.140. The Kier molecular flexibility index (Phi) is 9.91. The van der Waals surface area contributed by atoms with Crippen LogP contribution < -0.4 is 10.6 Å². The number of rotatable bonds is 13. The largest absolute Gasteiger partial charge is 0.356 e. The molecule has 4 nitrogen and oxygen atoms in total. The molecule has 1 amide bonds. The summed E-state index contributed by atoms with van der Waals surface area (Å²) in [6.07, 6.45) is 7.54. The number of nitrogens with zero attached hydrogens (tertiary/aromatic N) is 1. The van der Waals surface area contributed by atoms with Crippen molar-refractivity contribution >= 4 is 5.91 Å². The molecule has 2 N–H and O–H groups in total. The number of likely N-dealkylation sites (tertiary alicyclic amines) is 1. The average Bonchev–Trinajstić information content (AvgIpc) is 2.46. The molecular weight excluding hydrogens is 298 g/mol. The molecule has 24 heavy (non-hydrogen) atoms. The Balaban J connectivity index is 1.93. The summed E-state index contributed by atoms with van der Waals surface area (Å²) in [6.45, 7) is 15.9. The molecule has 1 rings (SSSR count). The topological polar surface area (TPSA) is 44.4 Å². The van der Waals surface area contributed by atoms with Crippen LogP contribution in [0.25, 0.3) is 0 Å². The minimum Gasteiger partial charge on any atom is -0.356 e. The van der Waals surface area contributed by atoms with Gasteiger partial charge in [0, 0.05) is 32.2 Å². The summed E-state index contributed by atoms with van der Waals surface area (Å²) in [7, 11) is 0. The van der Waals surface area contributed by atoms with Crippen molar-refractivity contribution in [3.05, 3.63) is 0 Å². The van der Waals surface area contributed by atoms with Crippen molar-refractivity contribution in [2.24, 2.45) is 11.3 Å². The van der Waals surface area contributed by atoms with Gasteiger partial charge in [-0.15, -0.1) is 0 Å². The maximum Gasteiger partial charge on any atom is 0.228 e. The number of hydrogen-bond acceptors (Lipinski definition) is 3. The van der Waals surface area contributed by atoms with Gasteiger partial charge in [-0.2, -0.15) is 0 Å². The molecule has 0 radical (unpaired) electrons. The molecule has 0 unspecified atom stereocenters. The van der Waals surface area contributed by atoms with Crippen LogP contribution >= 0.6 is 0 Å². The number of hydrogen-bond donors (Lipinski definition) is 2. The summed E-state index contributed by atoms with van der Waals surface area (Å²) in [5.41, 5.74) is -0.154. The number of unbranched alkanes of at least 4 members (excludes halogenated alkanes) is 5. The maximum absolute atomic E-state index is 12.3. The smallest absolute Gasteiger partial charge is 0.228 e. The molecule has 1 aliphatic heterocycles. The molecular formula is C20H41N3O. The molecule has 0 aromatic carbocycles. The minimum atomic E-state index is -0.154. The van der Waals surface area contributed by atoms with E-state index in [4.69, 9.17) is 0 Å². The van der Waals surface area contributed by atoms with E-state index in [-0.39, 0.29) is 11.3 Å². The van der Waals surface area contributed by atoms with Crippen molar-refractivity contribution in [1.29, 1.82) is 0 Å². The van der Waals surface area contributed by atoms with Crippen molar-refractivity contribution in [3.63, 3.8) is 0 Å². The maximum atomic E-state index is 12.3. The van der Waals surface area contributed by atoms with Crippen molar-refractivity contribution in [2.75, 3.05) is 32.7 Å². The minimum absolute atomic E-state index is 0.154. The molecule has 0 bridgehead atoms. The number of nitrogens with one attached hydrogen (secondary N) is 2. The Morgan fingerprint density at radius 1 is 0.958 bits per heavy atom. The van der Waals surface area contributed by atoms with Crippen LogP contribution in [-0.4, -0.2) is 49.6 Å². The van der Waals surface area contributed by atoms with Crippen LogP contribution in [0.3, 0.4) is 0 Å².